The van der Waals surface area contributed by atoms with Crippen LogP contribution in [0.2, 0.25) is 0 Å². The summed E-state index contributed by atoms with van der Waals surface area (Å²) in [6.45, 7) is 8.43. The van der Waals surface area contributed by atoms with Crippen LogP contribution in [0.25, 0.3) is 0 Å². The fourth-order valence-corrected chi connectivity index (χ4v) is 1.97. The molecular weight excluding hydrogens is 200 g/mol. The number of carbonyl (C=O) groups excluding carboxylic acids is 1. The summed E-state index contributed by atoms with van der Waals surface area (Å²) >= 11 is 0. The van der Waals surface area contributed by atoms with Crippen molar-refractivity contribution in [3.05, 3.63) is 0 Å². The smallest absolute Gasteiger partial charge is 0.240 e. The fraction of sp³-hybridized carbons (Fsp3) is 0.923. The van der Waals surface area contributed by atoms with Gasteiger partial charge in [-0.05, 0) is 25.2 Å². The van der Waals surface area contributed by atoms with E-state index in [0.29, 0.717) is 0 Å². The molecule has 0 bridgehead atoms. The third-order valence-electron chi connectivity index (χ3n) is 3.84. The van der Waals surface area contributed by atoms with Crippen molar-refractivity contribution in [3.63, 3.8) is 0 Å². The maximum Gasteiger partial charge on any atom is 0.240 e. The Balaban J connectivity index is 2.57. The zero-order valence-corrected chi connectivity index (χ0v) is 11.1. The number of nitrogens with two attached hydrogens (primary N) is 1. The summed E-state index contributed by atoms with van der Waals surface area (Å²) in [6.07, 6.45) is 5.02. The molecule has 0 heterocycles. The number of carbonyl (C=O) groups is 1. The molecule has 3 N–H and O–H groups in total. The van der Waals surface area contributed by atoms with Crippen molar-refractivity contribution in [1.29, 1.82) is 0 Å². The average Bonchev–Trinajstić information content (AvgIpc) is 2.17. The van der Waals surface area contributed by atoms with E-state index in [2.05, 4.69) is 26.1 Å². The van der Waals surface area contributed by atoms with Gasteiger partial charge in [-0.15, -0.1) is 0 Å². The van der Waals surface area contributed by atoms with Crippen LogP contribution in [0, 0.1) is 5.41 Å². The van der Waals surface area contributed by atoms with E-state index in [1.807, 2.05) is 6.92 Å². The molecule has 0 aromatic carbocycles. The van der Waals surface area contributed by atoms with Crippen molar-refractivity contribution in [2.24, 2.45) is 11.1 Å². The number of amides is 1. The first-order valence-corrected chi connectivity index (χ1v) is 6.35. The van der Waals surface area contributed by atoms with Crippen LogP contribution in [0.5, 0.6) is 0 Å². The summed E-state index contributed by atoms with van der Waals surface area (Å²) in [5, 5.41) is 3.07. The summed E-state index contributed by atoms with van der Waals surface area (Å²) in [5.74, 6) is 0.0367. The molecule has 16 heavy (non-hydrogen) atoms. The van der Waals surface area contributed by atoms with E-state index < -0.39 is 5.54 Å². The van der Waals surface area contributed by atoms with Crippen LogP contribution in [-0.2, 0) is 4.79 Å². The molecule has 1 saturated carbocycles. The Kier molecular flexibility index (Phi) is 4.00. The van der Waals surface area contributed by atoms with Gasteiger partial charge in [-0.3, -0.25) is 4.79 Å². The van der Waals surface area contributed by atoms with Gasteiger partial charge in [0.15, 0.2) is 0 Å². The lowest BCUT2D eigenvalue weighted by Gasteiger charge is -2.36. The van der Waals surface area contributed by atoms with E-state index in [0.717, 1.165) is 25.7 Å². The standard InChI is InChI=1S/C13H26N2O/c1-10(12(2,3)4)15-11(16)13(14)8-6-5-7-9-13/h10H,5-9,14H2,1-4H3,(H,15,16). The average molecular weight is 226 g/mol. The highest BCUT2D eigenvalue weighted by Crippen LogP contribution is 2.27. The Labute approximate surface area is 99.2 Å². The first kappa shape index (κ1) is 13.5. The minimum absolute atomic E-state index is 0.0367. The van der Waals surface area contributed by atoms with Gasteiger partial charge in [0, 0.05) is 6.04 Å². The largest absolute Gasteiger partial charge is 0.352 e. The van der Waals surface area contributed by atoms with Gasteiger partial charge >= 0.3 is 0 Å². The monoisotopic (exact) mass is 226 g/mol. The molecule has 1 aliphatic rings. The molecule has 1 unspecified atom stereocenters. The Hall–Kier alpha value is -0.570. The number of rotatable bonds is 2. The topological polar surface area (TPSA) is 55.1 Å². The first-order valence-electron chi connectivity index (χ1n) is 6.35. The molecule has 1 fully saturated rings. The minimum atomic E-state index is -0.613. The second-order valence-electron chi connectivity index (χ2n) is 6.28. The molecular formula is C13H26N2O. The van der Waals surface area contributed by atoms with Crippen molar-refractivity contribution in [2.45, 2.75) is 71.4 Å². The maximum absolute atomic E-state index is 12.1. The highest BCUT2D eigenvalue weighted by Gasteiger charge is 2.36. The zero-order valence-electron chi connectivity index (χ0n) is 11.1. The van der Waals surface area contributed by atoms with Crippen LogP contribution in [0.15, 0.2) is 0 Å². The van der Waals surface area contributed by atoms with Crippen molar-refractivity contribution in [3.8, 4) is 0 Å². The highest BCUT2D eigenvalue weighted by molar-refractivity contribution is 5.86. The third-order valence-corrected chi connectivity index (χ3v) is 3.84. The van der Waals surface area contributed by atoms with E-state index in [-0.39, 0.29) is 17.4 Å². The SMILES string of the molecule is CC(NC(=O)C1(N)CCCCC1)C(C)(C)C. The maximum atomic E-state index is 12.1. The van der Waals surface area contributed by atoms with E-state index in [9.17, 15) is 4.79 Å². The van der Waals surface area contributed by atoms with Crippen LogP contribution in [-0.4, -0.2) is 17.5 Å². The Morgan fingerprint density at radius 1 is 1.25 bits per heavy atom. The molecule has 1 rings (SSSR count). The van der Waals surface area contributed by atoms with Gasteiger partial charge in [-0.2, -0.15) is 0 Å². The van der Waals surface area contributed by atoms with Crippen LogP contribution >= 0.6 is 0 Å². The lowest BCUT2D eigenvalue weighted by molar-refractivity contribution is -0.128. The lowest BCUT2D eigenvalue weighted by Crippen LogP contribution is -2.58. The van der Waals surface area contributed by atoms with Gasteiger partial charge in [0.2, 0.25) is 5.91 Å². The molecule has 94 valence electrons. The molecule has 3 heteroatoms. The van der Waals surface area contributed by atoms with E-state index in [1.165, 1.54) is 6.42 Å². The van der Waals surface area contributed by atoms with Crippen molar-refractivity contribution in [2.75, 3.05) is 0 Å². The Bertz CT molecular complexity index is 249. The van der Waals surface area contributed by atoms with Crippen LogP contribution in [0.3, 0.4) is 0 Å². The Morgan fingerprint density at radius 3 is 2.19 bits per heavy atom. The minimum Gasteiger partial charge on any atom is -0.352 e. The summed E-state index contributed by atoms with van der Waals surface area (Å²) in [6, 6.07) is 0.155. The second-order valence-corrected chi connectivity index (χ2v) is 6.28. The van der Waals surface area contributed by atoms with Gasteiger partial charge in [-0.1, -0.05) is 40.0 Å². The zero-order chi connectivity index (χ0) is 12.4. The van der Waals surface area contributed by atoms with E-state index in [1.54, 1.807) is 0 Å². The highest BCUT2D eigenvalue weighted by atomic mass is 16.2. The molecule has 0 radical (unpaired) electrons. The molecule has 0 aliphatic heterocycles. The summed E-state index contributed by atoms with van der Waals surface area (Å²) in [4.78, 5) is 12.1. The quantitative estimate of drug-likeness (QED) is 0.758. The second kappa shape index (κ2) is 4.74. The number of hydrogen-bond acceptors (Lipinski definition) is 2. The predicted octanol–water partition coefficient (Wildman–Crippen LogP) is 2.20. The summed E-state index contributed by atoms with van der Waals surface area (Å²) in [7, 11) is 0. The predicted molar refractivity (Wildman–Crippen MR) is 67.1 cm³/mol. The molecule has 3 nitrogen and oxygen atoms in total. The first-order chi connectivity index (χ1) is 7.26. The lowest BCUT2D eigenvalue weighted by atomic mass is 9.80. The van der Waals surface area contributed by atoms with Crippen LogP contribution < -0.4 is 11.1 Å². The molecule has 1 atom stereocenters. The molecule has 0 aromatic heterocycles. The van der Waals surface area contributed by atoms with Gasteiger partial charge in [-0.25, -0.2) is 0 Å². The van der Waals surface area contributed by atoms with Crippen LogP contribution in [0.1, 0.15) is 59.8 Å². The molecule has 1 amide bonds. The van der Waals surface area contributed by atoms with Crippen molar-refractivity contribution in [1.82, 2.24) is 5.32 Å². The molecule has 0 saturated heterocycles. The summed E-state index contributed by atoms with van der Waals surface area (Å²) in [5.41, 5.74) is 5.65. The van der Waals surface area contributed by atoms with Crippen molar-refractivity contribution < 1.29 is 4.79 Å². The molecule has 0 aromatic rings. The van der Waals surface area contributed by atoms with Crippen LogP contribution in [0.4, 0.5) is 0 Å². The number of nitrogens with one attached hydrogen (secondary N) is 1. The normalized spacial score (nSPS) is 22.6. The third kappa shape index (κ3) is 3.21. The van der Waals surface area contributed by atoms with Gasteiger partial charge in [0.05, 0.1) is 5.54 Å². The van der Waals surface area contributed by atoms with Gasteiger partial charge < -0.3 is 11.1 Å². The fourth-order valence-electron chi connectivity index (χ4n) is 1.97. The van der Waals surface area contributed by atoms with Gasteiger partial charge in [0.25, 0.3) is 0 Å². The van der Waals surface area contributed by atoms with E-state index in [4.69, 9.17) is 5.73 Å². The number of hydrogen-bond donors (Lipinski definition) is 2. The van der Waals surface area contributed by atoms with E-state index >= 15 is 0 Å². The summed E-state index contributed by atoms with van der Waals surface area (Å²) < 4.78 is 0. The van der Waals surface area contributed by atoms with Gasteiger partial charge in [0.1, 0.15) is 0 Å². The molecule has 0 spiro atoms. The Morgan fingerprint density at radius 2 is 1.75 bits per heavy atom. The molecule has 1 aliphatic carbocycles. The van der Waals surface area contributed by atoms with Crippen molar-refractivity contribution >= 4 is 5.91 Å².